The minimum atomic E-state index is -0.0829. The van der Waals surface area contributed by atoms with Gasteiger partial charge in [-0.05, 0) is 228 Å². The van der Waals surface area contributed by atoms with Crippen LogP contribution in [0, 0.1) is 0 Å². The molecule has 0 saturated heterocycles. The molecule has 0 fully saturated rings. The number of para-hydroxylation sites is 1. The summed E-state index contributed by atoms with van der Waals surface area (Å²) < 4.78 is 6.21. The Bertz CT molecular complexity index is 6960. The van der Waals surface area contributed by atoms with Crippen molar-refractivity contribution in [1.29, 1.82) is 0 Å². The van der Waals surface area contributed by atoms with Gasteiger partial charge in [-0.3, -0.25) is 0 Å². The summed E-state index contributed by atoms with van der Waals surface area (Å²) in [5, 5.41) is 22.7. The summed E-state index contributed by atoms with van der Waals surface area (Å²) in [5.41, 5.74) is 27.9. The minimum Gasteiger partial charge on any atom is -0.456 e. The summed E-state index contributed by atoms with van der Waals surface area (Å²) in [7, 11) is 0. The average Bonchev–Trinajstić information content (AvgIpc) is 1.59. The van der Waals surface area contributed by atoms with Gasteiger partial charge in [0.15, 0.2) is 0 Å². The maximum Gasteiger partial charge on any atom is 0.135 e. The second kappa shape index (κ2) is 23.3. The van der Waals surface area contributed by atoms with E-state index in [1.165, 1.54) is 197 Å². The van der Waals surface area contributed by atoms with E-state index in [0.29, 0.717) is 0 Å². The van der Waals surface area contributed by atoms with E-state index in [4.69, 9.17) is 4.42 Å². The van der Waals surface area contributed by atoms with Gasteiger partial charge >= 0.3 is 0 Å². The van der Waals surface area contributed by atoms with E-state index in [1.807, 2.05) is 12.1 Å². The second-order valence-electron chi connectivity index (χ2n) is 30.0. The zero-order chi connectivity index (χ0) is 69.8. The van der Waals surface area contributed by atoms with E-state index in [9.17, 15) is 0 Å². The lowest BCUT2D eigenvalue weighted by atomic mass is 9.81. The molecule has 1 nitrogen and oxygen atoms in total. The molecule has 0 aliphatic heterocycles. The van der Waals surface area contributed by atoms with Crippen molar-refractivity contribution in [1.82, 2.24) is 0 Å². The topological polar surface area (TPSA) is 13.1 Å². The smallest absolute Gasteiger partial charge is 0.135 e. The van der Waals surface area contributed by atoms with E-state index in [0.717, 1.165) is 21.9 Å². The molecule has 105 heavy (non-hydrogen) atoms. The normalized spacial score (nSPS) is 13.3. The van der Waals surface area contributed by atoms with Crippen molar-refractivity contribution in [3.63, 3.8) is 0 Å². The zero-order valence-corrected chi connectivity index (χ0v) is 58.9. The predicted octanol–water partition coefficient (Wildman–Crippen LogP) is 29.1. The van der Waals surface area contributed by atoms with Crippen LogP contribution >= 0.6 is 0 Å². The maximum absolute atomic E-state index is 6.21. The van der Waals surface area contributed by atoms with Crippen LogP contribution in [0.5, 0.6) is 0 Å². The van der Waals surface area contributed by atoms with Gasteiger partial charge in [-0.2, -0.15) is 0 Å². The van der Waals surface area contributed by atoms with Crippen LogP contribution in [0.2, 0.25) is 0 Å². The Hall–Kier alpha value is -12.9. The van der Waals surface area contributed by atoms with E-state index in [2.05, 4.69) is 367 Å². The molecule has 0 spiro atoms. The number of benzene rings is 19. The molecule has 0 saturated carbocycles. The Balaban J connectivity index is 0.000000135. The number of furan rings is 1. The first kappa shape index (κ1) is 60.8. The van der Waals surface area contributed by atoms with Crippen molar-refractivity contribution in [2.24, 2.45) is 0 Å². The molecule has 1 heteroatoms. The molecule has 492 valence electrons. The van der Waals surface area contributed by atoms with Crippen LogP contribution in [-0.4, -0.2) is 0 Å². The van der Waals surface area contributed by atoms with Gasteiger partial charge in [-0.1, -0.05) is 349 Å². The highest BCUT2D eigenvalue weighted by molar-refractivity contribution is 6.24. The van der Waals surface area contributed by atoms with Crippen LogP contribution in [-0.2, 0) is 10.8 Å². The number of hydrogen-bond acceptors (Lipinski definition) is 1. The van der Waals surface area contributed by atoms with E-state index in [-0.39, 0.29) is 10.8 Å². The van der Waals surface area contributed by atoms with Crippen molar-refractivity contribution in [3.05, 3.63) is 374 Å². The van der Waals surface area contributed by atoms with Crippen LogP contribution in [0.25, 0.3) is 197 Å². The molecule has 0 radical (unpaired) electrons. The quantitative estimate of drug-likeness (QED) is 0.119. The molecule has 22 rings (SSSR count). The van der Waals surface area contributed by atoms with Crippen molar-refractivity contribution in [2.75, 3.05) is 0 Å². The summed E-state index contributed by atoms with van der Waals surface area (Å²) in [5.74, 6) is 0. The zero-order valence-electron chi connectivity index (χ0n) is 58.9. The Morgan fingerprint density at radius 1 is 0.171 bits per heavy atom. The molecule has 0 atom stereocenters. The highest BCUT2D eigenvalue weighted by Crippen LogP contribution is 2.57. The fourth-order valence-corrected chi connectivity index (χ4v) is 18.8. The molecular weight excluding hydrogens is 1270 g/mol. The largest absolute Gasteiger partial charge is 0.456 e. The summed E-state index contributed by atoms with van der Waals surface area (Å²) in [6.07, 6.45) is 0. The van der Waals surface area contributed by atoms with Crippen LogP contribution in [0.1, 0.15) is 49.9 Å². The highest BCUT2D eigenvalue weighted by atomic mass is 16.3. The Morgan fingerprint density at radius 2 is 0.505 bits per heavy atom. The summed E-state index contributed by atoms with van der Waals surface area (Å²) in [6, 6.07) is 130. The molecule has 0 unspecified atom stereocenters. The maximum atomic E-state index is 6.21. The molecule has 0 amide bonds. The van der Waals surface area contributed by atoms with Gasteiger partial charge in [0.1, 0.15) is 11.2 Å². The average molecular weight is 1340 g/mol. The summed E-state index contributed by atoms with van der Waals surface area (Å²) in [4.78, 5) is 0. The fraction of sp³-hybridized carbons (Fsp3) is 0.0577. The standard InChI is InChI=1S/C53H36.C51H34O/c1-53(2)47-24-12-23-42(52(47)51-41-18-6-4-14-34(41)28-30-48(51)53)35-15-11-16-37(31-35)49-43-19-7-9-21-45(43)50(46-22-10-8-20-44(46)49)38-27-29-40-36(32-38)26-25-33-13-3-5-17-39(33)40;1-51(2)43-20-11-19-36(49(43)50-35-13-4-3-12-31(35)26-28-44(50)51)32-22-24-33(25-23-32)47-38-15-5-7-17-40(38)48(41-18-8-6-16-39(41)47)34-27-29-46-42(30-34)37-14-9-10-21-45(37)52-46/h3-32H,1-2H3;3-30H,1-2H3. The lowest BCUT2D eigenvalue weighted by Gasteiger charge is -2.22. The van der Waals surface area contributed by atoms with Crippen LogP contribution in [0.4, 0.5) is 0 Å². The summed E-state index contributed by atoms with van der Waals surface area (Å²) >= 11 is 0. The molecular formula is C104H70O. The van der Waals surface area contributed by atoms with Crippen molar-refractivity contribution in [2.45, 2.75) is 38.5 Å². The Morgan fingerprint density at radius 3 is 1.03 bits per heavy atom. The third-order valence-electron chi connectivity index (χ3n) is 23.7. The molecule has 20 aromatic rings. The molecule has 19 aromatic carbocycles. The van der Waals surface area contributed by atoms with Gasteiger partial charge in [0, 0.05) is 21.6 Å². The SMILES string of the molecule is CC1(C)c2cccc(-c3ccc(-c4c5ccccc5c(-c5ccc6oc7ccccc7c6c5)c5ccccc45)cc3)c2-c2c1ccc1ccccc21.CC1(C)c2cccc(-c3cccc(-c4c5ccccc5c(-c5ccc6c(ccc7ccccc76)c5)c5ccccc45)c3)c2-c2c1ccc1ccccc21. The second-order valence-corrected chi connectivity index (χ2v) is 30.0. The summed E-state index contributed by atoms with van der Waals surface area (Å²) in [6.45, 7) is 9.50. The van der Waals surface area contributed by atoms with Crippen molar-refractivity contribution in [3.8, 4) is 89.0 Å². The van der Waals surface area contributed by atoms with Crippen molar-refractivity contribution < 1.29 is 4.42 Å². The fourth-order valence-electron chi connectivity index (χ4n) is 18.8. The first-order valence-electron chi connectivity index (χ1n) is 36.9. The minimum absolute atomic E-state index is 0.0700. The monoisotopic (exact) mass is 1330 g/mol. The van der Waals surface area contributed by atoms with Gasteiger partial charge in [-0.15, -0.1) is 0 Å². The first-order chi connectivity index (χ1) is 51.6. The van der Waals surface area contributed by atoms with E-state index in [1.54, 1.807) is 0 Å². The van der Waals surface area contributed by atoms with E-state index >= 15 is 0 Å². The highest BCUT2D eigenvalue weighted by Gasteiger charge is 2.40. The molecule has 0 bridgehead atoms. The van der Waals surface area contributed by atoms with Gasteiger partial charge in [0.2, 0.25) is 0 Å². The van der Waals surface area contributed by atoms with Crippen LogP contribution in [0.15, 0.2) is 356 Å². The van der Waals surface area contributed by atoms with Crippen molar-refractivity contribution >= 4 is 108 Å². The number of rotatable bonds is 6. The first-order valence-corrected chi connectivity index (χ1v) is 36.9. The molecule has 2 aliphatic rings. The Kier molecular flexibility index (Phi) is 13.5. The van der Waals surface area contributed by atoms with E-state index < -0.39 is 0 Å². The molecule has 1 aromatic heterocycles. The molecule has 0 N–H and O–H groups in total. The van der Waals surface area contributed by atoms with Gasteiger partial charge in [-0.25, -0.2) is 0 Å². The van der Waals surface area contributed by atoms with Crippen LogP contribution < -0.4 is 0 Å². The lowest BCUT2D eigenvalue weighted by molar-refractivity contribution is 0.661. The van der Waals surface area contributed by atoms with Gasteiger partial charge in [0.05, 0.1) is 0 Å². The van der Waals surface area contributed by atoms with Gasteiger partial charge < -0.3 is 4.42 Å². The third kappa shape index (κ3) is 9.21. The molecule has 1 heterocycles. The predicted molar refractivity (Wildman–Crippen MR) is 448 cm³/mol. The third-order valence-corrected chi connectivity index (χ3v) is 23.7. The van der Waals surface area contributed by atoms with Gasteiger partial charge in [0.25, 0.3) is 0 Å². The van der Waals surface area contributed by atoms with Crippen LogP contribution in [0.3, 0.4) is 0 Å². The number of hydrogen-bond donors (Lipinski definition) is 0. The number of fused-ring (bicyclic) bond motifs is 20. The Labute approximate surface area is 610 Å². The lowest BCUT2D eigenvalue weighted by Crippen LogP contribution is -2.14. The molecule has 2 aliphatic carbocycles.